The molecule has 7 nitrogen and oxygen atoms in total. The fourth-order valence-electron chi connectivity index (χ4n) is 4.45. The lowest BCUT2D eigenvalue weighted by atomic mass is 10.1. The molecule has 0 spiro atoms. The maximum absolute atomic E-state index is 13.7. The first kappa shape index (κ1) is 30.1. The van der Waals surface area contributed by atoms with Gasteiger partial charge in [0.25, 0.3) is 0 Å². The maximum Gasteiger partial charge on any atom is 0.242 e. The van der Waals surface area contributed by atoms with E-state index in [4.69, 9.17) is 23.2 Å². The van der Waals surface area contributed by atoms with Crippen LogP contribution in [0.25, 0.3) is 0 Å². The first-order valence-corrected chi connectivity index (χ1v) is 14.9. The second kappa shape index (κ2) is 13.1. The number of rotatable bonds is 11. The van der Waals surface area contributed by atoms with Crippen LogP contribution in [0.1, 0.15) is 51.0 Å². The van der Waals surface area contributed by atoms with E-state index in [9.17, 15) is 26.8 Å². The first-order chi connectivity index (χ1) is 17.9. The molecule has 1 aliphatic rings. The Balaban J connectivity index is 1.75. The number of nitrogens with zero attached hydrogens (tertiary/aromatic N) is 2. The predicted octanol–water partition coefficient (Wildman–Crippen LogP) is 5.29. The number of anilines is 1. The zero-order valence-electron chi connectivity index (χ0n) is 21.2. The van der Waals surface area contributed by atoms with E-state index in [1.807, 2.05) is 0 Å². The van der Waals surface area contributed by atoms with Crippen LogP contribution in [-0.4, -0.2) is 50.0 Å². The highest BCUT2D eigenvalue weighted by atomic mass is 35.5. The van der Waals surface area contributed by atoms with Gasteiger partial charge in [0, 0.05) is 31.6 Å². The van der Waals surface area contributed by atoms with Gasteiger partial charge in [0.05, 0.1) is 22.0 Å². The van der Waals surface area contributed by atoms with Crippen LogP contribution in [0.15, 0.2) is 36.4 Å². The number of halogens is 4. The summed E-state index contributed by atoms with van der Waals surface area (Å²) in [5.74, 6) is -2.92. The number of benzene rings is 2. The van der Waals surface area contributed by atoms with E-state index in [2.05, 4.69) is 5.32 Å². The number of sulfonamides is 1. The lowest BCUT2D eigenvalue weighted by Gasteiger charge is -2.30. The van der Waals surface area contributed by atoms with Gasteiger partial charge in [-0.3, -0.25) is 13.9 Å². The van der Waals surface area contributed by atoms with Crippen molar-refractivity contribution in [1.82, 2.24) is 10.2 Å². The van der Waals surface area contributed by atoms with E-state index in [1.165, 1.54) is 4.90 Å². The molecule has 1 atom stereocenters. The normalized spacial score (nSPS) is 14.8. The SMILES string of the molecule is CC(C(=O)NC1CCCC1)N(Cc1ccc(Cl)c(Cl)c1)C(=O)CCCN(c1ccc(F)c(F)c1)S(C)(=O)=O. The molecule has 1 N–H and O–H groups in total. The van der Waals surface area contributed by atoms with Crippen LogP contribution in [0.2, 0.25) is 10.0 Å². The van der Waals surface area contributed by atoms with Crippen molar-refractivity contribution in [1.29, 1.82) is 0 Å². The van der Waals surface area contributed by atoms with Gasteiger partial charge in [0.2, 0.25) is 21.8 Å². The Kier molecular flexibility index (Phi) is 10.4. The molecule has 0 aliphatic heterocycles. The van der Waals surface area contributed by atoms with Gasteiger partial charge in [-0.15, -0.1) is 0 Å². The largest absolute Gasteiger partial charge is 0.352 e. The van der Waals surface area contributed by atoms with Crippen molar-refractivity contribution in [3.63, 3.8) is 0 Å². The molecular weight excluding hydrogens is 559 g/mol. The Bertz CT molecular complexity index is 1270. The van der Waals surface area contributed by atoms with E-state index < -0.39 is 27.7 Å². The van der Waals surface area contributed by atoms with Gasteiger partial charge in [-0.25, -0.2) is 17.2 Å². The fourth-order valence-corrected chi connectivity index (χ4v) is 5.73. The molecule has 2 aromatic rings. The van der Waals surface area contributed by atoms with Crippen molar-refractivity contribution in [3.05, 3.63) is 63.6 Å². The predicted molar refractivity (Wildman–Crippen MR) is 145 cm³/mol. The second-order valence-corrected chi connectivity index (χ2v) is 12.2. The third-order valence-electron chi connectivity index (χ3n) is 6.55. The van der Waals surface area contributed by atoms with Crippen molar-refractivity contribution >= 4 is 50.7 Å². The number of hydrogen-bond acceptors (Lipinski definition) is 4. The zero-order valence-corrected chi connectivity index (χ0v) is 23.6. The van der Waals surface area contributed by atoms with Crippen molar-refractivity contribution < 1.29 is 26.8 Å². The molecule has 38 heavy (non-hydrogen) atoms. The number of nitrogens with one attached hydrogen (secondary N) is 1. The van der Waals surface area contributed by atoms with E-state index in [-0.39, 0.29) is 49.5 Å². The summed E-state index contributed by atoms with van der Waals surface area (Å²) < 4.78 is 52.7. The second-order valence-electron chi connectivity index (χ2n) is 9.47. The Morgan fingerprint density at radius 2 is 1.74 bits per heavy atom. The summed E-state index contributed by atoms with van der Waals surface area (Å²) in [6.07, 6.45) is 4.81. The topological polar surface area (TPSA) is 86.8 Å². The highest BCUT2D eigenvalue weighted by molar-refractivity contribution is 7.92. The van der Waals surface area contributed by atoms with Gasteiger partial charge < -0.3 is 10.2 Å². The van der Waals surface area contributed by atoms with Gasteiger partial charge in [0.15, 0.2) is 11.6 Å². The lowest BCUT2D eigenvalue weighted by molar-refractivity contribution is -0.141. The Hall–Kier alpha value is -2.43. The summed E-state index contributed by atoms with van der Waals surface area (Å²) in [7, 11) is -3.84. The van der Waals surface area contributed by atoms with Gasteiger partial charge in [-0.2, -0.15) is 0 Å². The Morgan fingerprint density at radius 1 is 1.05 bits per heavy atom. The molecule has 208 valence electrons. The van der Waals surface area contributed by atoms with Gasteiger partial charge >= 0.3 is 0 Å². The maximum atomic E-state index is 13.7. The molecule has 2 aromatic carbocycles. The Labute approximate surface area is 232 Å². The quantitative estimate of drug-likeness (QED) is 0.385. The molecule has 1 unspecified atom stereocenters. The Morgan fingerprint density at radius 3 is 2.34 bits per heavy atom. The molecule has 0 aromatic heterocycles. The molecule has 1 saturated carbocycles. The third-order valence-corrected chi connectivity index (χ3v) is 8.48. The van der Waals surface area contributed by atoms with Crippen LogP contribution in [0.4, 0.5) is 14.5 Å². The molecule has 2 amide bonds. The summed E-state index contributed by atoms with van der Waals surface area (Å²) in [6.45, 7) is 1.59. The molecule has 0 bridgehead atoms. The molecule has 0 radical (unpaired) electrons. The molecule has 0 heterocycles. The summed E-state index contributed by atoms with van der Waals surface area (Å²) in [6, 6.07) is 7.03. The van der Waals surface area contributed by atoms with E-state index in [1.54, 1.807) is 25.1 Å². The molecule has 0 saturated heterocycles. The molecule has 1 aliphatic carbocycles. The van der Waals surface area contributed by atoms with Crippen LogP contribution >= 0.6 is 23.2 Å². The zero-order chi connectivity index (χ0) is 28.0. The number of amides is 2. The smallest absolute Gasteiger partial charge is 0.242 e. The summed E-state index contributed by atoms with van der Waals surface area (Å²) in [4.78, 5) is 27.8. The minimum Gasteiger partial charge on any atom is -0.352 e. The average molecular weight is 591 g/mol. The van der Waals surface area contributed by atoms with Crippen LogP contribution in [0.5, 0.6) is 0 Å². The van der Waals surface area contributed by atoms with Gasteiger partial charge in [-0.1, -0.05) is 42.1 Å². The van der Waals surface area contributed by atoms with E-state index in [0.717, 1.165) is 54.4 Å². The standard InChI is InChI=1S/C26H31Cl2F2N3O4S/c1-17(26(35)31-19-6-3-4-7-19)32(16-18-9-11-21(27)22(28)14-18)25(34)8-5-13-33(38(2,36)37)20-10-12-23(29)24(30)15-20/h9-12,14-15,17,19H,3-8,13,16H2,1-2H3,(H,31,35). The van der Waals surface area contributed by atoms with Gasteiger partial charge in [0.1, 0.15) is 6.04 Å². The van der Waals surface area contributed by atoms with Crippen molar-refractivity contribution in [3.8, 4) is 0 Å². The van der Waals surface area contributed by atoms with Crippen LogP contribution in [0.3, 0.4) is 0 Å². The first-order valence-electron chi connectivity index (χ1n) is 12.3. The van der Waals surface area contributed by atoms with E-state index >= 15 is 0 Å². The number of hydrogen-bond donors (Lipinski definition) is 1. The molecule has 1 fully saturated rings. The molecular formula is C26H31Cl2F2N3O4S. The van der Waals surface area contributed by atoms with Gasteiger partial charge in [-0.05, 0) is 56.0 Å². The summed E-state index contributed by atoms with van der Waals surface area (Å²) in [5, 5.41) is 3.69. The average Bonchev–Trinajstić information content (AvgIpc) is 3.36. The highest BCUT2D eigenvalue weighted by Crippen LogP contribution is 2.25. The third kappa shape index (κ3) is 8.04. The monoisotopic (exact) mass is 589 g/mol. The highest BCUT2D eigenvalue weighted by Gasteiger charge is 2.29. The van der Waals surface area contributed by atoms with Crippen LogP contribution < -0.4 is 9.62 Å². The number of carbonyl (C=O) groups is 2. The molecule has 3 rings (SSSR count). The van der Waals surface area contributed by atoms with Crippen molar-refractivity contribution in [2.45, 2.75) is 64.1 Å². The molecule has 12 heteroatoms. The lowest BCUT2D eigenvalue weighted by Crippen LogP contribution is -2.49. The van der Waals surface area contributed by atoms with Crippen LogP contribution in [-0.2, 0) is 26.2 Å². The minimum atomic E-state index is -3.84. The van der Waals surface area contributed by atoms with Crippen molar-refractivity contribution in [2.24, 2.45) is 0 Å². The van der Waals surface area contributed by atoms with Crippen molar-refractivity contribution in [2.75, 3.05) is 17.1 Å². The summed E-state index contributed by atoms with van der Waals surface area (Å²) in [5.41, 5.74) is 0.628. The van der Waals surface area contributed by atoms with Crippen LogP contribution in [0, 0.1) is 11.6 Å². The van der Waals surface area contributed by atoms with E-state index in [0.29, 0.717) is 15.6 Å². The summed E-state index contributed by atoms with van der Waals surface area (Å²) >= 11 is 12.2. The fraction of sp³-hybridized carbons (Fsp3) is 0.462. The number of carbonyl (C=O) groups excluding carboxylic acids is 2. The minimum absolute atomic E-state index is 0.0455.